The second-order valence-corrected chi connectivity index (χ2v) is 6.40. The molecule has 1 heterocycles. The number of thiophene rings is 1. The van der Waals surface area contributed by atoms with Crippen molar-refractivity contribution in [2.45, 2.75) is 38.1 Å². The molecule has 1 fully saturated rings. The van der Waals surface area contributed by atoms with Crippen LogP contribution in [-0.4, -0.2) is 11.4 Å². The van der Waals surface area contributed by atoms with Crippen LogP contribution in [0.2, 0.25) is 0 Å². The topological polar surface area (TPSA) is 29.1 Å². The molecule has 1 aromatic rings. The van der Waals surface area contributed by atoms with Gasteiger partial charge in [-0.15, -0.1) is 11.3 Å². The average Bonchev–Trinajstić information content (AvgIpc) is 2.74. The normalized spacial score (nSPS) is 19.1. The molecule has 2 rings (SSSR count). The van der Waals surface area contributed by atoms with Gasteiger partial charge in [-0.25, -0.2) is 0 Å². The third-order valence-corrected chi connectivity index (χ3v) is 5.12. The van der Waals surface area contributed by atoms with Crippen LogP contribution in [0.3, 0.4) is 0 Å². The monoisotopic (exact) mass is 335 g/mol. The molecule has 0 spiro atoms. The lowest BCUT2D eigenvalue weighted by Crippen LogP contribution is -2.43. The number of hydrogen-bond donors (Lipinski definition) is 1. The Morgan fingerprint density at radius 2 is 2.20 bits per heavy atom. The summed E-state index contributed by atoms with van der Waals surface area (Å²) in [7, 11) is 0. The van der Waals surface area contributed by atoms with E-state index >= 15 is 0 Å². The average molecular weight is 335 g/mol. The van der Waals surface area contributed by atoms with Gasteiger partial charge in [0.25, 0.3) is 5.91 Å². The zero-order valence-corrected chi connectivity index (χ0v) is 11.7. The van der Waals surface area contributed by atoms with E-state index in [-0.39, 0.29) is 11.4 Å². The maximum absolute atomic E-state index is 12.0. The predicted octanol–water partition coefficient (Wildman–Crippen LogP) is 3.42. The predicted molar refractivity (Wildman–Crippen MR) is 71.4 cm³/mol. The Labute approximate surface area is 108 Å². The van der Waals surface area contributed by atoms with Gasteiger partial charge < -0.3 is 5.32 Å². The van der Waals surface area contributed by atoms with Crippen molar-refractivity contribution >= 4 is 39.8 Å². The molecule has 1 aliphatic rings. The third kappa shape index (κ3) is 2.53. The fourth-order valence-electron chi connectivity index (χ4n) is 2.07. The summed E-state index contributed by atoms with van der Waals surface area (Å²) in [5, 5.41) is 5.13. The summed E-state index contributed by atoms with van der Waals surface area (Å²) >= 11 is 3.73. The molecule has 0 aliphatic heterocycles. The molecule has 0 bridgehead atoms. The Bertz CT molecular complexity index is 368. The third-order valence-electron chi connectivity index (χ3n) is 2.95. The molecule has 2 nitrogen and oxygen atoms in total. The number of halogens is 1. The minimum atomic E-state index is 0.0319. The summed E-state index contributed by atoms with van der Waals surface area (Å²) in [6.45, 7) is 2.15. The number of amides is 1. The second kappa shape index (κ2) is 4.41. The molecule has 1 saturated carbocycles. The van der Waals surface area contributed by atoms with E-state index in [4.69, 9.17) is 0 Å². The van der Waals surface area contributed by atoms with Crippen LogP contribution in [0.15, 0.2) is 11.4 Å². The van der Waals surface area contributed by atoms with E-state index in [1.54, 1.807) is 0 Å². The van der Waals surface area contributed by atoms with Gasteiger partial charge in [-0.1, -0.05) is 12.8 Å². The summed E-state index contributed by atoms with van der Waals surface area (Å²) in [4.78, 5) is 12.8. The smallest absolute Gasteiger partial charge is 0.262 e. The van der Waals surface area contributed by atoms with E-state index < -0.39 is 0 Å². The minimum absolute atomic E-state index is 0.0319. The SMILES string of the molecule is CC1(NC(=O)c2sccc2I)CCCC1. The van der Waals surface area contributed by atoms with E-state index in [0.717, 1.165) is 21.3 Å². The Morgan fingerprint density at radius 3 is 2.73 bits per heavy atom. The Kier molecular flexibility index (Phi) is 3.35. The van der Waals surface area contributed by atoms with Gasteiger partial charge in [0.2, 0.25) is 0 Å². The molecular formula is C11H14INOS. The van der Waals surface area contributed by atoms with Crippen LogP contribution >= 0.6 is 33.9 Å². The lowest BCUT2D eigenvalue weighted by atomic mass is 10.0. The Hall–Kier alpha value is -0.100. The van der Waals surface area contributed by atoms with Gasteiger partial charge in [0.05, 0.1) is 0 Å². The molecule has 4 heteroatoms. The standard InChI is InChI=1S/C11H14INOS/c1-11(5-2-3-6-11)13-10(14)9-8(12)4-7-15-9/h4,7H,2-3,5-6H2,1H3,(H,13,14). The van der Waals surface area contributed by atoms with Crippen molar-refractivity contribution in [1.29, 1.82) is 0 Å². The maximum atomic E-state index is 12.0. The highest BCUT2D eigenvalue weighted by Gasteiger charge is 2.31. The second-order valence-electron chi connectivity index (χ2n) is 4.32. The molecule has 0 saturated heterocycles. The molecule has 0 atom stereocenters. The Morgan fingerprint density at radius 1 is 1.53 bits per heavy atom. The Balaban J connectivity index is 2.07. The fraction of sp³-hybridized carbons (Fsp3) is 0.545. The first-order valence-corrected chi connectivity index (χ1v) is 7.12. The van der Waals surface area contributed by atoms with Gasteiger partial charge in [-0.3, -0.25) is 4.79 Å². The molecule has 15 heavy (non-hydrogen) atoms. The van der Waals surface area contributed by atoms with Crippen LogP contribution < -0.4 is 5.32 Å². The summed E-state index contributed by atoms with van der Waals surface area (Å²) in [5.74, 6) is 0.0961. The number of rotatable bonds is 2. The zero-order valence-electron chi connectivity index (χ0n) is 8.68. The van der Waals surface area contributed by atoms with Gasteiger partial charge in [-0.2, -0.15) is 0 Å². The lowest BCUT2D eigenvalue weighted by molar-refractivity contribution is 0.0911. The van der Waals surface area contributed by atoms with Gasteiger partial charge >= 0.3 is 0 Å². The van der Waals surface area contributed by atoms with Gasteiger partial charge in [-0.05, 0) is 53.8 Å². The number of carbonyl (C=O) groups excluding carboxylic acids is 1. The number of hydrogen-bond acceptors (Lipinski definition) is 2. The maximum Gasteiger partial charge on any atom is 0.262 e. The van der Waals surface area contributed by atoms with E-state index in [9.17, 15) is 4.79 Å². The molecule has 0 radical (unpaired) electrons. The van der Waals surface area contributed by atoms with Crippen LogP contribution in [-0.2, 0) is 0 Å². The summed E-state index contributed by atoms with van der Waals surface area (Å²) in [6.07, 6.45) is 4.69. The van der Waals surface area contributed by atoms with Crippen LogP contribution in [0.4, 0.5) is 0 Å². The quantitative estimate of drug-likeness (QED) is 0.825. The largest absolute Gasteiger partial charge is 0.346 e. The van der Waals surface area contributed by atoms with E-state index in [2.05, 4.69) is 34.8 Å². The van der Waals surface area contributed by atoms with Crippen LogP contribution in [0.25, 0.3) is 0 Å². The molecule has 0 unspecified atom stereocenters. The first-order valence-electron chi connectivity index (χ1n) is 5.16. The number of carbonyl (C=O) groups is 1. The van der Waals surface area contributed by atoms with E-state index in [1.165, 1.54) is 24.2 Å². The number of nitrogens with one attached hydrogen (secondary N) is 1. The van der Waals surface area contributed by atoms with Crippen LogP contribution in [0.1, 0.15) is 42.3 Å². The van der Waals surface area contributed by atoms with Crippen LogP contribution in [0, 0.1) is 3.57 Å². The molecule has 1 aliphatic carbocycles. The fourth-order valence-corrected chi connectivity index (χ4v) is 3.80. The first kappa shape index (κ1) is 11.4. The molecule has 1 amide bonds. The highest BCUT2D eigenvalue weighted by Crippen LogP contribution is 2.30. The van der Waals surface area contributed by atoms with Crippen molar-refractivity contribution in [2.75, 3.05) is 0 Å². The highest BCUT2D eigenvalue weighted by molar-refractivity contribution is 14.1. The van der Waals surface area contributed by atoms with Crippen molar-refractivity contribution < 1.29 is 4.79 Å². The van der Waals surface area contributed by atoms with Crippen LogP contribution in [0.5, 0.6) is 0 Å². The van der Waals surface area contributed by atoms with Gasteiger partial charge in [0.1, 0.15) is 4.88 Å². The van der Waals surface area contributed by atoms with Gasteiger partial charge in [0.15, 0.2) is 0 Å². The van der Waals surface area contributed by atoms with Crippen molar-refractivity contribution in [3.05, 3.63) is 19.9 Å². The molecule has 82 valence electrons. The molecule has 1 aromatic heterocycles. The first-order chi connectivity index (χ1) is 7.11. The van der Waals surface area contributed by atoms with Crippen molar-refractivity contribution in [3.8, 4) is 0 Å². The molecule has 0 aromatic carbocycles. The van der Waals surface area contributed by atoms with Crippen molar-refractivity contribution in [1.82, 2.24) is 5.32 Å². The summed E-state index contributed by atoms with van der Waals surface area (Å²) < 4.78 is 1.05. The minimum Gasteiger partial charge on any atom is -0.346 e. The van der Waals surface area contributed by atoms with Crippen molar-refractivity contribution in [3.63, 3.8) is 0 Å². The summed E-state index contributed by atoms with van der Waals surface area (Å²) in [5.41, 5.74) is 0.0319. The lowest BCUT2D eigenvalue weighted by Gasteiger charge is -2.24. The van der Waals surface area contributed by atoms with E-state index in [0.29, 0.717) is 0 Å². The van der Waals surface area contributed by atoms with Gasteiger partial charge in [0, 0.05) is 9.11 Å². The molecular weight excluding hydrogens is 321 g/mol. The molecule has 1 N–H and O–H groups in total. The highest BCUT2D eigenvalue weighted by atomic mass is 127. The van der Waals surface area contributed by atoms with Crippen molar-refractivity contribution in [2.24, 2.45) is 0 Å². The summed E-state index contributed by atoms with van der Waals surface area (Å²) in [6, 6.07) is 1.98. The van der Waals surface area contributed by atoms with E-state index in [1.807, 2.05) is 11.4 Å². The zero-order chi connectivity index (χ0) is 10.9.